The number of halogens is 1. The fourth-order valence-electron chi connectivity index (χ4n) is 2.95. The quantitative estimate of drug-likeness (QED) is 0.712. The van der Waals surface area contributed by atoms with Crippen molar-refractivity contribution < 1.29 is 13.2 Å². The summed E-state index contributed by atoms with van der Waals surface area (Å²) < 4.78 is 33.9. The van der Waals surface area contributed by atoms with Crippen molar-refractivity contribution in [2.45, 2.75) is 24.8 Å². The molecule has 0 bridgehead atoms. The van der Waals surface area contributed by atoms with E-state index in [2.05, 4.69) is 20.8 Å². The smallest absolute Gasteiger partial charge is 0.243 e. The average molecular weight is 439 g/mol. The number of rotatable bonds is 5. The minimum absolute atomic E-state index is 0.0594. The number of hydrogen-bond donors (Lipinski definition) is 0. The molecule has 2 aromatic rings. The highest BCUT2D eigenvalue weighted by Gasteiger charge is 2.28. The van der Waals surface area contributed by atoms with Crippen molar-refractivity contribution in [3.63, 3.8) is 0 Å². The van der Waals surface area contributed by atoms with Crippen LogP contribution in [0, 0.1) is 0 Å². The van der Waals surface area contributed by atoms with Crippen molar-refractivity contribution >= 4 is 31.6 Å². The van der Waals surface area contributed by atoms with Crippen LogP contribution in [0.25, 0.3) is 0 Å². The fraction of sp³-hybridized carbons (Fsp3) is 0.368. The molecule has 1 fully saturated rings. The number of piperazine rings is 1. The third-order valence-electron chi connectivity index (χ3n) is 4.26. The van der Waals surface area contributed by atoms with E-state index in [9.17, 15) is 8.42 Å². The maximum absolute atomic E-state index is 12.9. The van der Waals surface area contributed by atoms with Gasteiger partial charge in [-0.05, 0) is 62.4 Å². The molecule has 1 aliphatic rings. The molecule has 2 aromatic carbocycles. The number of ether oxygens (including phenoxy) is 1. The normalized spacial score (nSPS) is 16.1. The van der Waals surface area contributed by atoms with Gasteiger partial charge in [0.1, 0.15) is 5.75 Å². The van der Waals surface area contributed by atoms with Crippen LogP contribution in [0.15, 0.2) is 57.9 Å². The summed E-state index contributed by atoms with van der Waals surface area (Å²) in [7, 11) is -3.48. The van der Waals surface area contributed by atoms with Crippen LogP contribution in [0.4, 0.5) is 5.69 Å². The Morgan fingerprint density at radius 2 is 1.50 bits per heavy atom. The molecule has 5 nitrogen and oxygen atoms in total. The Hall–Kier alpha value is -1.57. The van der Waals surface area contributed by atoms with Crippen molar-refractivity contribution in [2.75, 3.05) is 31.1 Å². The fourth-order valence-corrected chi connectivity index (χ4v) is 4.64. The SMILES string of the molecule is CC(C)Oc1ccc(S(=O)(=O)N2CCN(c3ccc(Br)cc3)CC2)cc1. The lowest BCUT2D eigenvalue weighted by atomic mass is 10.2. The summed E-state index contributed by atoms with van der Waals surface area (Å²) in [6, 6.07) is 14.8. The predicted octanol–water partition coefficient (Wildman–Crippen LogP) is 3.75. The molecule has 0 unspecified atom stereocenters. The van der Waals surface area contributed by atoms with E-state index in [1.54, 1.807) is 28.6 Å². The molecule has 1 heterocycles. The second-order valence-corrected chi connectivity index (χ2v) is 9.36. The Bertz CT molecular complexity index is 828. The Balaban J connectivity index is 1.66. The van der Waals surface area contributed by atoms with E-state index in [1.165, 1.54) is 0 Å². The lowest BCUT2D eigenvalue weighted by molar-refractivity contribution is 0.242. The Morgan fingerprint density at radius 3 is 2.04 bits per heavy atom. The third-order valence-corrected chi connectivity index (χ3v) is 6.71. The summed E-state index contributed by atoms with van der Waals surface area (Å²) in [6.45, 7) is 6.18. The largest absolute Gasteiger partial charge is 0.491 e. The minimum atomic E-state index is -3.48. The number of anilines is 1. The number of sulfonamides is 1. The van der Waals surface area contributed by atoms with E-state index in [4.69, 9.17) is 4.74 Å². The van der Waals surface area contributed by atoms with Gasteiger partial charge in [-0.25, -0.2) is 8.42 Å². The van der Waals surface area contributed by atoms with Crippen LogP contribution < -0.4 is 9.64 Å². The second-order valence-electron chi connectivity index (χ2n) is 6.51. The van der Waals surface area contributed by atoms with E-state index in [1.807, 2.05) is 38.1 Å². The molecular weight excluding hydrogens is 416 g/mol. The number of nitrogens with zero attached hydrogens (tertiary/aromatic N) is 2. The zero-order valence-corrected chi connectivity index (χ0v) is 17.3. The molecule has 140 valence electrons. The molecular formula is C19H23BrN2O3S. The molecule has 3 rings (SSSR count). The van der Waals surface area contributed by atoms with Gasteiger partial charge >= 0.3 is 0 Å². The highest BCUT2D eigenvalue weighted by atomic mass is 79.9. The first-order valence-electron chi connectivity index (χ1n) is 8.63. The van der Waals surface area contributed by atoms with Crippen LogP contribution >= 0.6 is 15.9 Å². The zero-order chi connectivity index (χ0) is 18.7. The van der Waals surface area contributed by atoms with Crippen LogP contribution in [0.2, 0.25) is 0 Å². The summed E-state index contributed by atoms with van der Waals surface area (Å²) in [5.41, 5.74) is 1.11. The van der Waals surface area contributed by atoms with Crippen molar-refractivity contribution in [2.24, 2.45) is 0 Å². The molecule has 0 radical (unpaired) electrons. The summed E-state index contributed by atoms with van der Waals surface area (Å²) in [4.78, 5) is 2.52. The topological polar surface area (TPSA) is 49.9 Å². The number of benzene rings is 2. The van der Waals surface area contributed by atoms with Gasteiger partial charge in [0.15, 0.2) is 0 Å². The van der Waals surface area contributed by atoms with Gasteiger partial charge in [0.25, 0.3) is 0 Å². The van der Waals surface area contributed by atoms with Gasteiger partial charge in [0.2, 0.25) is 10.0 Å². The van der Waals surface area contributed by atoms with Gasteiger partial charge in [-0.3, -0.25) is 0 Å². The first kappa shape index (κ1) is 19.2. The summed E-state index contributed by atoms with van der Waals surface area (Å²) in [5, 5.41) is 0. The van der Waals surface area contributed by atoms with E-state index < -0.39 is 10.0 Å². The summed E-state index contributed by atoms with van der Waals surface area (Å²) >= 11 is 3.43. The van der Waals surface area contributed by atoms with Gasteiger partial charge in [-0.2, -0.15) is 4.31 Å². The predicted molar refractivity (Wildman–Crippen MR) is 107 cm³/mol. The first-order valence-corrected chi connectivity index (χ1v) is 10.9. The molecule has 0 aliphatic carbocycles. The van der Waals surface area contributed by atoms with E-state index >= 15 is 0 Å². The molecule has 0 N–H and O–H groups in total. The van der Waals surface area contributed by atoms with Crippen LogP contribution in [0.1, 0.15) is 13.8 Å². The number of hydrogen-bond acceptors (Lipinski definition) is 4. The van der Waals surface area contributed by atoms with Gasteiger partial charge in [-0.1, -0.05) is 15.9 Å². The minimum Gasteiger partial charge on any atom is -0.491 e. The average Bonchev–Trinajstić information content (AvgIpc) is 2.62. The molecule has 7 heteroatoms. The van der Waals surface area contributed by atoms with Gasteiger partial charge < -0.3 is 9.64 Å². The van der Waals surface area contributed by atoms with Crippen molar-refractivity contribution in [1.82, 2.24) is 4.31 Å². The highest BCUT2D eigenvalue weighted by Crippen LogP contribution is 2.24. The molecule has 0 saturated carbocycles. The van der Waals surface area contributed by atoms with Gasteiger partial charge in [-0.15, -0.1) is 0 Å². The van der Waals surface area contributed by atoms with E-state index in [0.717, 1.165) is 10.2 Å². The third kappa shape index (κ3) is 4.39. The van der Waals surface area contributed by atoms with Gasteiger partial charge in [0, 0.05) is 36.3 Å². The monoisotopic (exact) mass is 438 g/mol. The molecule has 0 aromatic heterocycles. The maximum Gasteiger partial charge on any atom is 0.243 e. The first-order chi connectivity index (χ1) is 12.4. The molecule has 1 aliphatic heterocycles. The Kier molecular flexibility index (Phi) is 5.89. The van der Waals surface area contributed by atoms with E-state index in [-0.39, 0.29) is 6.10 Å². The Morgan fingerprint density at radius 1 is 0.923 bits per heavy atom. The zero-order valence-electron chi connectivity index (χ0n) is 14.9. The highest BCUT2D eigenvalue weighted by molar-refractivity contribution is 9.10. The van der Waals surface area contributed by atoms with Crippen molar-refractivity contribution in [1.29, 1.82) is 0 Å². The van der Waals surface area contributed by atoms with Crippen molar-refractivity contribution in [3.8, 4) is 5.75 Å². The van der Waals surface area contributed by atoms with Crippen molar-refractivity contribution in [3.05, 3.63) is 53.0 Å². The summed E-state index contributed by atoms with van der Waals surface area (Å²) in [5.74, 6) is 0.680. The molecule has 0 amide bonds. The van der Waals surface area contributed by atoms with Crippen LogP contribution in [-0.2, 0) is 10.0 Å². The molecule has 0 atom stereocenters. The summed E-state index contributed by atoms with van der Waals surface area (Å²) in [6.07, 6.45) is 0.0594. The lowest BCUT2D eigenvalue weighted by Crippen LogP contribution is -2.48. The molecule has 0 spiro atoms. The second kappa shape index (κ2) is 7.98. The lowest BCUT2D eigenvalue weighted by Gasteiger charge is -2.35. The van der Waals surface area contributed by atoms with Crippen LogP contribution in [0.5, 0.6) is 5.75 Å². The molecule has 26 heavy (non-hydrogen) atoms. The van der Waals surface area contributed by atoms with Crippen LogP contribution in [-0.4, -0.2) is 45.0 Å². The standard InChI is InChI=1S/C19H23BrN2O3S/c1-15(2)25-18-7-9-19(10-8-18)26(23,24)22-13-11-21(12-14-22)17-5-3-16(20)4-6-17/h3-10,15H,11-14H2,1-2H3. The Labute approximate surface area is 163 Å². The molecule has 1 saturated heterocycles. The van der Waals surface area contributed by atoms with Gasteiger partial charge in [0.05, 0.1) is 11.0 Å². The van der Waals surface area contributed by atoms with E-state index in [0.29, 0.717) is 36.8 Å². The van der Waals surface area contributed by atoms with Crippen LogP contribution in [0.3, 0.4) is 0 Å². The maximum atomic E-state index is 12.9.